The van der Waals surface area contributed by atoms with Gasteiger partial charge < -0.3 is 15.4 Å². The van der Waals surface area contributed by atoms with Crippen molar-refractivity contribution in [3.63, 3.8) is 0 Å². The number of nitrogens with zero attached hydrogens (tertiary/aromatic N) is 1. The summed E-state index contributed by atoms with van der Waals surface area (Å²) in [6, 6.07) is 13.0. The van der Waals surface area contributed by atoms with Crippen molar-refractivity contribution in [1.29, 1.82) is 0 Å². The van der Waals surface area contributed by atoms with Gasteiger partial charge in [-0.05, 0) is 41.0 Å². The number of halogens is 1. The molecule has 6 heteroatoms. The second-order valence-corrected chi connectivity index (χ2v) is 8.62. The summed E-state index contributed by atoms with van der Waals surface area (Å²) < 4.78 is 5.48. The van der Waals surface area contributed by atoms with Gasteiger partial charge in [-0.3, -0.25) is 9.59 Å². The molecule has 1 aliphatic rings. The summed E-state index contributed by atoms with van der Waals surface area (Å²) in [6.07, 6.45) is 0. The Hall–Kier alpha value is -2.37. The fraction of sp³-hybridized carbons (Fsp3) is 0.391. The molecule has 0 spiro atoms. The third-order valence-corrected chi connectivity index (χ3v) is 6.28. The van der Waals surface area contributed by atoms with Crippen LogP contribution in [0.5, 0.6) is 5.75 Å². The molecular formula is C23H27ClN2O3. The number of Topliss-reactive ketones (excluding diaryl/α,β-unsaturated/α-hetero) is 2. The number of hydrogen-bond acceptors (Lipinski definition) is 5. The topological polar surface area (TPSA) is 72.6 Å². The van der Waals surface area contributed by atoms with Gasteiger partial charge in [0, 0.05) is 24.2 Å². The summed E-state index contributed by atoms with van der Waals surface area (Å²) in [5.41, 5.74) is 7.93. The molecule has 5 nitrogen and oxygen atoms in total. The van der Waals surface area contributed by atoms with Crippen molar-refractivity contribution < 1.29 is 14.3 Å². The van der Waals surface area contributed by atoms with Gasteiger partial charge >= 0.3 is 0 Å². The van der Waals surface area contributed by atoms with Crippen molar-refractivity contribution in [3.8, 4) is 5.75 Å². The minimum absolute atomic E-state index is 0.124. The number of ether oxygens (including phenoxy) is 1. The van der Waals surface area contributed by atoms with E-state index in [2.05, 4.69) is 18.7 Å². The molecular weight excluding hydrogens is 388 g/mol. The van der Waals surface area contributed by atoms with Gasteiger partial charge in [0.1, 0.15) is 5.75 Å². The summed E-state index contributed by atoms with van der Waals surface area (Å²) in [6.45, 7) is 5.09. The Morgan fingerprint density at radius 2 is 1.83 bits per heavy atom. The molecule has 0 aromatic heterocycles. The van der Waals surface area contributed by atoms with Gasteiger partial charge in [-0.1, -0.05) is 49.7 Å². The van der Waals surface area contributed by atoms with Crippen LogP contribution < -0.4 is 15.4 Å². The molecule has 2 atom stereocenters. The second kappa shape index (κ2) is 8.17. The zero-order chi connectivity index (χ0) is 21.3. The van der Waals surface area contributed by atoms with E-state index >= 15 is 0 Å². The summed E-state index contributed by atoms with van der Waals surface area (Å²) in [5.74, 6) is 0.491. The zero-order valence-electron chi connectivity index (χ0n) is 17.2. The maximum absolute atomic E-state index is 12.0. The number of carbonyl (C=O) groups is 2. The predicted molar refractivity (Wildman–Crippen MR) is 116 cm³/mol. The normalized spacial score (nSPS) is 19.5. The van der Waals surface area contributed by atoms with Crippen molar-refractivity contribution >= 4 is 28.9 Å². The molecule has 0 heterocycles. The highest BCUT2D eigenvalue weighted by Gasteiger charge is 2.58. The van der Waals surface area contributed by atoms with Crippen LogP contribution in [0.25, 0.3) is 0 Å². The third kappa shape index (κ3) is 4.16. The first-order valence-corrected chi connectivity index (χ1v) is 10.0. The number of ketones is 2. The van der Waals surface area contributed by atoms with E-state index in [-0.39, 0.29) is 12.0 Å². The summed E-state index contributed by atoms with van der Waals surface area (Å²) in [7, 11) is 3.70. The molecule has 29 heavy (non-hydrogen) atoms. The molecule has 2 aromatic rings. The first-order chi connectivity index (χ1) is 13.7. The maximum Gasteiger partial charge on any atom is 0.229 e. The lowest BCUT2D eigenvalue weighted by Crippen LogP contribution is -2.23. The lowest BCUT2D eigenvalue weighted by atomic mass is 10.00. The first-order valence-electron chi connectivity index (χ1n) is 9.63. The van der Waals surface area contributed by atoms with Crippen molar-refractivity contribution in [2.75, 3.05) is 32.1 Å². The third-order valence-electron chi connectivity index (χ3n) is 6.04. The average Bonchev–Trinajstić information content (AvgIpc) is 3.26. The highest BCUT2D eigenvalue weighted by Crippen LogP contribution is 2.64. The van der Waals surface area contributed by atoms with Gasteiger partial charge in [0.2, 0.25) is 11.6 Å². The maximum atomic E-state index is 12.0. The zero-order valence-corrected chi connectivity index (χ0v) is 18.0. The second-order valence-electron chi connectivity index (χ2n) is 8.18. The molecule has 2 aromatic carbocycles. The molecule has 0 aliphatic heterocycles. The van der Waals surface area contributed by atoms with Crippen LogP contribution in [0.4, 0.5) is 5.69 Å². The van der Waals surface area contributed by atoms with Crippen LogP contribution in [0.3, 0.4) is 0 Å². The van der Waals surface area contributed by atoms with Gasteiger partial charge in [-0.25, -0.2) is 0 Å². The van der Waals surface area contributed by atoms with E-state index in [4.69, 9.17) is 22.1 Å². The van der Waals surface area contributed by atoms with Gasteiger partial charge in [0.25, 0.3) is 0 Å². The average molecular weight is 415 g/mol. The Labute approximate surface area is 176 Å². The van der Waals surface area contributed by atoms with Gasteiger partial charge in [0.05, 0.1) is 19.3 Å². The number of benzene rings is 2. The number of anilines is 1. The van der Waals surface area contributed by atoms with E-state index in [1.807, 2.05) is 37.4 Å². The molecule has 0 radical (unpaired) electrons. The lowest BCUT2D eigenvalue weighted by molar-refractivity contribution is -0.113. The van der Waals surface area contributed by atoms with Crippen LogP contribution in [0.1, 0.15) is 35.7 Å². The van der Waals surface area contributed by atoms with Gasteiger partial charge in [0.15, 0.2) is 0 Å². The number of methoxy groups -OCH3 is 1. The van der Waals surface area contributed by atoms with Crippen molar-refractivity contribution in [1.82, 2.24) is 0 Å². The van der Waals surface area contributed by atoms with Gasteiger partial charge in [-0.15, -0.1) is 0 Å². The largest absolute Gasteiger partial charge is 0.495 e. The summed E-state index contributed by atoms with van der Waals surface area (Å²) >= 11 is 6.18. The van der Waals surface area contributed by atoms with Crippen LogP contribution in [-0.4, -0.2) is 38.8 Å². The van der Waals surface area contributed by atoms with Crippen LogP contribution in [-0.2, 0) is 4.79 Å². The van der Waals surface area contributed by atoms with Crippen LogP contribution in [0.2, 0.25) is 5.02 Å². The summed E-state index contributed by atoms with van der Waals surface area (Å²) in [5, 5.41) is 0.673. The predicted octanol–water partition coefficient (Wildman–Crippen LogP) is 3.94. The fourth-order valence-electron chi connectivity index (χ4n) is 4.20. The Morgan fingerprint density at radius 3 is 2.41 bits per heavy atom. The number of rotatable bonds is 8. The standard InChI is InChI=1S/C23H27ClN2O3/c1-23(2)17(13-26(3)18-11-16(24)9-10-20(18)29-4)21(23)14-5-7-15(8-6-14)22(28)19(27)12-25/h5-11,17,21H,12-13,25H2,1-4H3/t17-,21-/m1/s1. The quantitative estimate of drug-likeness (QED) is 0.523. The van der Waals surface area contributed by atoms with E-state index in [9.17, 15) is 9.59 Å². The molecule has 1 saturated carbocycles. The first kappa shape index (κ1) is 21.3. The highest BCUT2D eigenvalue weighted by atomic mass is 35.5. The minimum atomic E-state index is -0.570. The molecule has 2 N–H and O–H groups in total. The Bertz CT molecular complexity index is 924. The monoisotopic (exact) mass is 414 g/mol. The van der Waals surface area contributed by atoms with E-state index in [0.717, 1.165) is 18.0 Å². The summed E-state index contributed by atoms with van der Waals surface area (Å²) in [4.78, 5) is 25.7. The number of carbonyl (C=O) groups excluding carboxylic acids is 2. The SMILES string of the molecule is COc1ccc(Cl)cc1N(C)C[C@@H]1[C@@H](c2ccc(C(=O)C(=O)CN)cc2)C1(C)C. The lowest BCUT2D eigenvalue weighted by Gasteiger charge is -2.22. The molecule has 1 aliphatic carbocycles. The van der Waals surface area contributed by atoms with Gasteiger partial charge in [-0.2, -0.15) is 0 Å². The Balaban J connectivity index is 1.75. The van der Waals surface area contributed by atoms with E-state index in [1.165, 1.54) is 5.56 Å². The van der Waals surface area contributed by atoms with Crippen LogP contribution >= 0.6 is 11.6 Å². The van der Waals surface area contributed by atoms with Crippen molar-refractivity contribution in [2.45, 2.75) is 19.8 Å². The van der Waals surface area contributed by atoms with Crippen LogP contribution in [0.15, 0.2) is 42.5 Å². The van der Waals surface area contributed by atoms with E-state index < -0.39 is 11.6 Å². The fourth-order valence-corrected chi connectivity index (χ4v) is 4.36. The highest BCUT2D eigenvalue weighted by molar-refractivity contribution is 6.44. The molecule has 154 valence electrons. The van der Waals surface area contributed by atoms with Crippen LogP contribution in [0, 0.1) is 11.3 Å². The molecule has 0 unspecified atom stereocenters. The number of nitrogens with two attached hydrogens (primary N) is 1. The Kier molecular flexibility index (Phi) is 6.01. The van der Waals surface area contributed by atoms with Crippen molar-refractivity contribution in [3.05, 3.63) is 58.6 Å². The molecule has 1 fully saturated rings. The van der Waals surface area contributed by atoms with E-state index in [1.54, 1.807) is 19.2 Å². The Morgan fingerprint density at radius 1 is 1.17 bits per heavy atom. The molecule has 0 bridgehead atoms. The van der Waals surface area contributed by atoms with Crippen molar-refractivity contribution in [2.24, 2.45) is 17.1 Å². The minimum Gasteiger partial charge on any atom is -0.495 e. The van der Waals surface area contributed by atoms with E-state index in [0.29, 0.717) is 22.4 Å². The smallest absolute Gasteiger partial charge is 0.229 e. The molecule has 0 amide bonds. The molecule has 3 rings (SSSR count). The molecule has 0 saturated heterocycles. The number of hydrogen-bond donors (Lipinski definition) is 1.